The summed E-state index contributed by atoms with van der Waals surface area (Å²) < 4.78 is 4.85. The Bertz CT molecular complexity index is 560. The molecule has 1 aromatic rings. The van der Waals surface area contributed by atoms with Crippen LogP contribution in [0.1, 0.15) is 23.7 Å². The molecule has 8 heteroatoms. The lowest BCUT2D eigenvalue weighted by atomic mass is 10.1. The second kappa shape index (κ2) is 7.99. The molecular weight excluding hydrogens is 292 g/mol. The normalized spacial score (nSPS) is 13.0. The number of ether oxygens (including phenoxy) is 1. The van der Waals surface area contributed by atoms with Gasteiger partial charge in [-0.3, -0.25) is 4.79 Å². The predicted octanol–water partition coefficient (Wildman–Crippen LogP) is 0.530. The number of carboxylic acids is 2. The zero-order valence-corrected chi connectivity index (χ0v) is 12.0. The Labute approximate surface area is 126 Å². The lowest BCUT2D eigenvalue weighted by Gasteiger charge is -2.18. The van der Waals surface area contributed by atoms with Crippen molar-refractivity contribution in [1.29, 1.82) is 0 Å². The minimum atomic E-state index is -1.30. The first-order valence-electron chi connectivity index (χ1n) is 6.60. The highest BCUT2D eigenvalue weighted by Crippen LogP contribution is 2.14. The molecule has 0 spiro atoms. The molecule has 0 saturated carbocycles. The number of hydrogen-bond donors (Lipinski definition) is 4. The standard InChI is InChI=1S/C14H18N2O6/c1-2-22-14(21)8-4-3-5-9(6-8)16-11(13(19)20)7-10(15)12(17)18/h3-6,10-11,16H,2,7,15H2,1H3,(H,17,18)(H,19,20)/t10-,11?/m1/s1. The van der Waals surface area contributed by atoms with E-state index in [-0.39, 0.29) is 18.6 Å². The molecular formula is C14H18N2O6. The largest absolute Gasteiger partial charge is 0.480 e. The molecule has 0 bridgehead atoms. The minimum Gasteiger partial charge on any atom is -0.480 e. The Morgan fingerprint density at radius 2 is 1.95 bits per heavy atom. The topological polar surface area (TPSA) is 139 Å². The molecule has 0 aromatic heterocycles. The van der Waals surface area contributed by atoms with Crippen molar-refractivity contribution in [3.8, 4) is 0 Å². The fourth-order valence-electron chi connectivity index (χ4n) is 1.73. The van der Waals surface area contributed by atoms with Gasteiger partial charge < -0.3 is 26.0 Å². The van der Waals surface area contributed by atoms with Crippen LogP contribution in [0, 0.1) is 0 Å². The maximum Gasteiger partial charge on any atom is 0.338 e. The summed E-state index contributed by atoms with van der Waals surface area (Å²) in [5.41, 5.74) is 5.97. The van der Waals surface area contributed by atoms with E-state index < -0.39 is 30.0 Å². The summed E-state index contributed by atoms with van der Waals surface area (Å²) in [5.74, 6) is -3.05. The van der Waals surface area contributed by atoms with E-state index in [1.807, 2.05) is 0 Å². The van der Waals surface area contributed by atoms with E-state index in [1.54, 1.807) is 19.1 Å². The number of anilines is 1. The zero-order chi connectivity index (χ0) is 16.7. The third-order valence-corrected chi connectivity index (χ3v) is 2.82. The van der Waals surface area contributed by atoms with Gasteiger partial charge in [0, 0.05) is 12.1 Å². The highest BCUT2D eigenvalue weighted by Gasteiger charge is 2.24. The number of carbonyl (C=O) groups is 3. The predicted molar refractivity (Wildman–Crippen MR) is 77.7 cm³/mol. The lowest BCUT2D eigenvalue weighted by Crippen LogP contribution is -2.40. The average molecular weight is 310 g/mol. The first-order chi connectivity index (χ1) is 10.3. The zero-order valence-electron chi connectivity index (χ0n) is 12.0. The van der Waals surface area contributed by atoms with Crippen LogP contribution in [-0.2, 0) is 14.3 Å². The van der Waals surface area contributed by atoms with Crippen LogP contribution < -0.4 is 11.1 Å². The fourth-order valence-corrected chi connectivity index (χ4v) is 1.73. The number of nitrogens with one attached hydrogen (secondary N) is 1. The van der Waals surface area contributed by atoms with Crippen LogP contribution in [0.25, 0.3) is 0 Å². The first-order valence-corrected chi connectivity index (χ1v) is 6.60. The van der Waals surface area contributed by atoms with E-state index in [0.29, 0.717) is 5.69 Å². The number of aliphatic carboxylic acids is 2. The van der Waals surface area contributed by atoms with E-state index in [1.165, 1.54) is 12.1 Å². The SMILES string of the molecule is CCOC(=O)c1cccc(NC(C[C@@H](N)C(=O)O)C(=O)O)c1. The van der Waals surface area contributed by atoms with E-state index in [0.717, 1.165) is 0 Å². The minimum absolute atomic E-state index is 0.224. The monoisotopic (exact) mass is 310 g/mol. The van der Waals surface area contributed by atoms with Gasteiger partial charge in [-0.1, -0.05) is 6.07 Å². The summed E-state index contributed by atoms with van der Waals surface area (Å²) in [6.07, 6.45) is -0.297. The fraction of sp³-hybridized carbons (Fsp3) is 0.357. The van der Waals surface area contributed by atoms with Gasteiger partial charge in [-0.05, 0) is 25.1 Å². The third kappa shape index (κ3) is 5.06. The lowest BCUT2D eigenvalue weighted by molar-refractivity contribution is -0.140. The van der Waals surface area contributed by atoms with Crippen LogP contribution in [0.5, 0.6) is 0 Å². The summed E-state index contributed by atoms with van der Waals surface area (Å²) >= 11 is 0. The molecule has 5 N–H and O–H groups in total. The molecule has 120 valence electrons. The highest BCUT2D eigenvalue weighted by atomic mass is 16.5. The van der Waals surface area contributed by atoms with Gasteiger partial charge in [-0.25, -0.2) is 9.59 Å². The Morgan fingerprint density at radius 1 is 1.27 bits per heavy atom. The second-order valence-electron chi connectivity index (χ2n) is 4.52. The van der Waals surface area contributed by atoms with Crippen LogP contribution >= 0.6 is 0 Å². The Morgan fingerprint density at radius 3 is 2.50 bits per heavy atom. The molecule has 0 aliphatic heterocycles. The van der Waals surface area contributed by atoms with Crippen molar-refractivity contribution in [3.05, 3.63) is 29.8 Å². The van der Waals surface area contributed by atoms with Gasteiger partial charge in [-0.15, -0.1) is 0 Å². The van der Waals surface area contributed by atoms with Crippen molar-refractivity contribution in [3.63, 3.8) is 0 Å². The van der Waals surface area contributed by atoms with Crippen molar-refractivity contribution >= 4 is 23.6 Å². The molecule has 0 fully saturated rings. The number of carbonyl (C=O) groups excluding carboxylic acids is 1. The van der Waals surface area contributed by atoms with E-state index in [4.69, 9.17) is 20.7 Å². The molecule has 0 radical (unpaired) electrons. The molecule has 0 saturated heterocycles. The molecule has 22 heavy (non-hydrogen) atoms. The van der Waals surface area contributed by atoms with Crippen molar-refractivity contribution < 1.29 is 29.3 Å². The number of hydrogen-bond acceptors (Lipinski definition) is 6. The van der Waals surface area contributed by atoms with Crippen LogP contribution in [0.2, 0.25) is 0 Å². The summed E-state index contributed by atoms with van der Waals surface area (Å²) in [6, 6.07) is 3.59. The number of esters is 1. The molecule has 2 atom stereocenters. The van der Waals surface area contributed by atoms with E-state index in [2.05, 4.69) is 5.32 Å². The molecule has 8 nitrogen and oxygen atoms in total. The molecule has 1 rings (SSSR count). The Kier molecular flexibility index (Phi) is 6.33. The summed E-state index contributed by atoms with van der Waals surface area (Å²) in [7, 11) is 0. The number of nitrogens with two attached hydrogens (primary N) is 1. The first kappa shape index (κ1) is 17.4. The number of rotatable bonds is 8. The highest BCUT2D eigenvalue weighted by molar-refractivity contribution is 5.90. The second-order valence-corrected chi connectivity index (χ2v) is 4.52. The number of carboxylic acid groups (broad SMARTS) is 2. The third-order valence-electron chi connectivity index (χ3n) is 2.82. The number of benzene rings is 1. The van der Waals surface area contributed by atoms with Crippen molar-refractivity contribution in [1.82, 2.24) is 0 Å². The summed E-state index contributed by atoms with van der Waals surface area (Å²) in [5, 5.41) is 20.5. The van der Waals surface area contributed by atoms with Gasteiger partial charge in [0.15, 0.2) is 0 Å². The van der Waals surface area contributed by atoms with Gasteiger partial charge in [0.1, 0.15) is 12.1 Å². The van der Waals surface area contributed by atoms with Crippen molar-refractivity contribution in [2.45, 2.75) is 25.4 Å². The average Bonchev–Trinajstić information content (AvgIpc) is 2.46. The molecule has 0 heterocycles. The molecule has 0 aliphatic rings. The molecule has 1 unspecified atom stereocenters. The smallest absolute Gasteiger partial charge is 0.338 e. The van der Waals surface area contributed by atoms with Crippen LogP contribution in [0.4, 0.5) is 5.69 Å². The maximum absolute atomic E-state index is 11.6. The van der Waals surface area contributed by atoms with Crippen LogP contribution in [0.15, 0.2) is 24.3 Å². The van der Waals surface area contributed by atoms with Crippen molar-refractivity contribution in [2.75, 3.05) is 11.9 Å². The van der Waals surface area contributed by atoms with Gasteiger partial charge in [-0.2, -0.15) is 0 Å². The Balaban J connectivity index is 2.85. The maximum atomic E-state index is 11.6. The van der Waals surface area contributed by atoms with E-state index >= 15 is 0 Å². The van der Waals surface area contributed by atoms with Crippen LogP contribution in [0.3, 0.4) is 0 Å². The van der Waals surface area contributed by atoms with E-state index in [9.17, 15) is 14.4 Å². The quantitative estimate of drug-likeness (QED) is 0.510. The summed E-state index contributed by atoms with van der Waals surface area (Å²) in [4.78, 5) is 33.5. The summed E-state index contributed by atoms with van der Waals surface area (Å²) in [6.45, 7) is 1.90. The van der Waals surface area contributed by atoms with Gasteiger partial charge in [0.2, 0.25) is 0 Å². The van der Waals surface area contributed by atoms with Gasteiger partial charge in [0.25, 0.3) is 0 Å². The van der Waals surface area contributed by atoms with Crippen molar-refractivity contribution in [2.24, 2.45) is 5.73 Å². The molecule has 1 aromatic carbocycles. The van der Waals surface area contributed by atoms with Crippen LogP contribution in [-0.4, -0.2) is 46.8 Å². The van der Waals surface area contributed by atoms with Gasteiger partial charge >= 0.3 is 17.9 Å². The van der Waals surface area contributed by atoms with Gasteiger partial charge in [0.05, 0.1) is 12.2 Å². The molecule has 0 aliphatic carbocycles. The molecule has 0 amide bonds. The Hall–Kier alpha value is -2.61.